The number of carbonyl (C=O) groups excluding carboxylic acids is 2. The Labute approximate surface area is 224 Å². The van der Waals surface area contributed by atoms with Crippen LogP contribution in [-0.4, -0.2) is 24.2 Å². The first-order valence-corrected chi connectivity index (χ1v) is 13.1. The van der Waals surface area contributed by atoms with Crippen molar-refractivity contribution in [3.05, 3.63) is 94.5 Å². The number of rotatable bonds is 7. The number of benzene rings is 3. The maximum Gasteiger partial charge on any atom is 0.412 e. The average molecular weight is 533 g/mol. The Balaban J connectivity index is 1.27. The van der Waals surface area contributed by atoms with Crippen LogP contribution in [0, 0.1) is 0 Å². The van der Waals surface area contributed by atoms with Gasteiger partial charge >= 0.3 is 12.1 Å². The molecule has 1 fully saturated rings. The van der Waals surface area contributed by atoms with Crippen LogP contribution < -0.4 is 5.32 Å². The normalized spacial score (nSPS) is 14.5. The van der Waals surface area contributed by atoms with Crippen molar-refractivity contribution in [3.63, 3.8) is 0 Å². The minimum Gasteiger partial charge on any atom is -0.468 e. The molecule has 0 unspecified atom stereocenters. The monoisotopic (exact) mass is 532 g/mol. The van der Waals surface area contributed by atoms with Crippen LogP contribution in [0.4, 0.5) is 9.80 Å². The highest BCUT2D eigenvalue weighted by molar-refractivity contribution is 7.14. The van der Waals surface area contributed by atoms with Crippen molar-refractivity contribution in [2.45, 2.75) is 31.3 Å². The quantitative estimate of drug-likeness (QED) is 0.247. The van der Waals surface area contributed by atoms with Gasteiger partial charge < -0.3 is 9.47 Å². The van der Waals surface area contributed by atoms with E-state index < -0.39 is 17.6 Å². The molecule has 1 aliphatic rings. The van der Waals surface area contributed by atoms with Gasteiger partial charge in [0.15, 0.2) is 0 Å². The number of carbonyl (C=O) groups is 2. The summed E-state index contributed by atoms with van der Waals surface area (Å²) in [5, 5.41) is 3.96. The van der Waals surface area contributed by atoms with Crippen LogP contribution in [0.2, 0.25) is 5.02 Å². The third-order valence-corrected chi connectivity index (χ3v) is 7.75. The fraction of sp³-hybridized carbons (Fsp3) is 0.207. The summed E-state index contributed by atoms with van der Waals surface area (Å²) >= 11 is 7.54. The second-order valence-corrected chi connectivity index (χ2v) is 10.2. The number of hydrogen-bond acceptors (Lipinski definition) is 6. The summed E-state index contributed by atoms with van der Waals surface area (Å²) in [5.41, 5.74) is 6.57. The highest BCUT2D eigenvalue weighted by atomic mass is 35.5. The molecule has 1 saturated carbocycles. The Morgan fingerprint density at radius 3 is 2.22 bits per heavy atom. The van der Waals surface area contributed by atoms with Crippen molar-refractivity contribution in [2.24, 2.45) is 0 Å². The molecule has 3 aromatic carbocycles. The first-order chi connectivity index (χ1) is 17.9. The van der Waals surface area contributed by atoms with Gasteiger partial charge in [0.2, 0.25) is 0 Å². The van der Waals surface area contributed by atoms with Gasteiger partial charge in [0.1, 0.15) is 16.8 Å². The lowest BCUT2D eigenvalue weighted by Gasteiger charge is -2.15. The summed E-state index contributed by atoms with van der Waals surface area (Å²) in [6, 6.07) is 23.3. The van der Waals surface area contributed by atoms with Gasteiger partial charge in [0, 0.05) is 16.1 Å². The lowest BCUT2D eigenvalue weighted by Crippen LogP contribution is -2.21. The van der Waals surface area contributed by atoms with Crippen molar-refractivity contribution in [1.82, 2.24) is 4.98 Å². The number of methoxy groups -OCH3 is 1. The summed E-state index contributed by atoms with van der Waals surface area (Å²) < 4.78 is 10.5. The van der Waals surface area contributed by atoms with Crippen LogP contribution in [0.1, 0.15) is 37.0 Å². The van der Waals surface area contributed by atoms with E-state index in [9.17, 15) is 9.59 Å². The molecular weight excluding hydrogens is 508 g/mol. The molecule has 1 amide bonds. The minimum absolute atomic E-state index is 0.167. The molecule has 37 heavy (non-hydrogen) atoms. The highest BCUT2D eigenvalue weighted by Crippen LogP contribution is 2.49. The SMILES string of the molecule is COC(=O)C1(c2ccc(-c3ccc(-c4ncsc4NC(=O)O[C@H](C)c4ccccc4Cl)cc3)cc2)CC1. The lowest BCUT2D eigenvalue weighted by atomic mass is 9.93. The number of esters is 1. The Kier molecular flexibility index (Phi) is 7.00. The molecule has 1 aromatic heterocycles. The number of thiazole rings is 1. The van der Waals surface area contributed by atoms with E-state index in [0.717, 1.165) is 40.7 Å². The van der Waals surface area contributed by atoms with Crippen LogP contribution >= 0.6 is 22.9 Å². The third-order valence-electron chi connectivity index (χ3n) is 6.67. The van der Waals surface area contributed by atoms with Gasteiger partial charge in [-0.3, -0.25) is 10.1 Å². The number of hydrogen-bond donors (Lipinski definition) is 1. The van der Waals surface area contributed by atoms with Gasteiger partial charge in [-0.25, -0.2) is 9.78 Å². The molecule has 1 heterocycles. The van der Waals surface area contributed by atoms with Gasteiger partial charge in [0.25, 0.3) is 0 Å². The first-order valence-electron chi connectivity index (χ1n) is 11.9. The molecule has 188 valence electrons. The van der Waals surface area contributed by atoms with Crippen LogP contribution in [0.5, 0.6) is 0 Å². The fourth-order valence-electron chi connectivity index (χ4n) is 4.42. The van der Waals surface area contributed by atoms with E-state index in [4.69, 9.17) is 21.1 Å². The largest absolute Gasteiger partial charge is 0.468 e. The van der Waals surface area contributed by atoms with Crippen LogP contribution in [0.3, 0.4) is 0 Å². The van der Waals surface area contributed by atoms with Crippen LogP contribution in [0.15, 0.2) is 78.3 Å². The number of nitrogens with one attached hydrogen (secondary N) is 1. The van der Waals surface area contributed by atoms with Gasteiger partial charge in [0.05, 0.1) is 18.0 Å². The fourth-order valence-corrected chi connectivity index (χ4v) is 5.40. The highest BCUT2D eigenvalue weighted by Gasteiger charge is 2.52. The standard InChI is InChI=1S/C29H25ClN2O4S/c1-18(23-5-3-4-6-24(23)30)36-28(34)32-26-25(31-17-37-26)21-9-7-19(8-10-21)20-11-13-22(14-12-20)29(15-16-29)27(33)35-2/h3-14,17-18H,15-16H2,1-2H3,(H,32,34)/t18-/m1/s1. The van der Waals surface area contributed by atoms with E-state index in [1.165, 1.54) is 18.4 Å². The van der Waals surface area contributed by atoms with Crippen molar-refractivity contribution in [3.8, 4) is 22.4 Å². The van der Waals surface area contributed by atoms with Crippen LogP contribution in [-0.2, 0) is 19.7 Å². The molecule has 5 rings (SSSR count). The number of ether oxygens (including phenoxy) is 2. The molecule has 0 bridgehead atoms. The summed E-state index contributed by atoms with van der Waals surface area (Å²) in [4.78, 5) is 29.2. The molecule has 0 radical (unpaired) electrons. The van der Waals surface area contributed by atoms with Crippen molar-refractivity contribution >= 4 is 40.0 Å². The van der Waals surface area contributed by atoms with Crippen LogP contribution in [0.25, 0.3) is 22.4 Å². The van der Waals surface area contributed by atoms with Gasteiger partial charge in [-0.1, -0.05) is 78.3 Å². The van der Waals surface area contributed by atoms with E-state index in [2.05, 4.69) is 10.3 Å². The van der Waals surface area contributed by atoms with Gasteiger partial charge in [-0.2, -0.15) is 0 Å². The topological polar surface area (TPSA) is 77.5 Å². The minimum atomic E-state index is -0.574. The zero-order chi connectivity index (χ0) is 26.0. The second-order valence-electron chi connectivity index (χ2n) is 8.95. The molecule has 8 heteroatoms. The zero-order valence-corrected chi connectivity index (χ0v) is 21.9. The van der Waals surface area contributed by atoms with E-state index in [1.54, 1.807) is 18.5 Å². The maximum absolute atomic E-state index is 12.6. The van der Waals surface area contributed by atoms with E-state index >= 15 is 0 Å². The summed E-state index contributed by atoms with van der Waals surface area (Å²) in [5.74, 6) is -0.167. The Morgan fingerprint density at radius 1 is 0.973 bits per heavy atom. The Morgan fingerprint density at radius 2 is 1.59 bits per heavy atom. The van der Waals surface area contributed by atoms with Gasteiger partial charge in [-0.05, 0) is 42.5 Å². The molecule has 4 aromatic rings. The molecule has 1 N–H and O–H groups in total. The molecule has 0 spiro atoms. The van der Waals surface area contributed by atoms with Crippen molar-refractivity contribution < 1.29 is 19.1 Å². The number of amides is 1. The molecule has 0 aliphatic heterocycles. The average Bonchev–Trinajstić information content (AvgIpc) is 3.61. The van der Waals surface area contributed by atoms with E-state index in [-0.39, 0.29) is 5.97 Å². The number of aromatic nitrogens is 1. The molecule has 1 aliphatic carbocycles. The van der Waals surface area contributed by atoms with Crippen molar-refractivity contribution in [2.75, 3.05) is 12.4 Å². The number of halogens is 1. The predicted molar refractivity (Wildman–Crippen MR) is 146 cm³/mol. The number of anilines is 1. The van der Waals surface area contributed by atoms with E-state index in [1.807, 2.05) is 66.7 Å². The van der Waals surface area contributed by atoms with Gasteiger partial charge in [-0.15, -0.1) is 11.3 Å². The van der Waals surface area contributed by atoms with Crippen molar-refractivity contribution in [1.29, 1.82) is 0 Å². The predicted octanol–water partition coefficient (Wildman–Crippen LogP) is 7.64. The Hall–Kier alpha value is -3.68. The molecular formula is C29H25ClN2O4S. The smallest absolute Gasteiger partial charge is 0.412 e. The summed E-state index contributed by atoms with van der Waals surface area (Å²) in [6.45, 7) is 1.78. The zero-order valence-electron chi connectivity index (χ0n) is 20.4. The summed E-state index contributed by atoms with van der Waals surface area (Å²) in [7, 11) is 1.44. The maximum atomic E-state index is 12.6. The summed E-state index contributed by atoms with van der Waals surface area (Å²) in [6.07, 6.45) is 0.571. The Bertz CT molecular complexity index is 1430. The second kappa shape index (κ2) is 10.4. The first kappa shape index (κ1) is 25.0. The van der Waals surface area contributed by atoms with E-state index in [0.29, 0.717) is 15.7 Å². The number of nitrogens with zero attached hydrogens (tertiary/aromatic N) is 1. The molecule has 0 saturated heterocycles. The molecule has 6 nitrogen and oxygen atoms in total. The lowest BCUT2D eigenvalue weighted by molar-refractivity contribution is -0.143. The third kappa shape index (κ3) is 5.10. The molecule has 1 atom stereocenters.